The Bertz CT molecular complexity index is 697. The van der Waals surface area contributed by atoms with E-state index >= 15 is 0 Å². The molecule has 1 amide bonds. The molecule has 1 aliphatic heterocycles. The first-order valence-electron chi connectivity index (χ1n) is 7.95. The van der Waals surface area contributed by atoms with Gasteiger partial charge in [0.2, 0.25) is 5.91 Å². The molecule has 0 aliphatic carbocycles. The number of benzene rings is 2. The van der Waals surface area contributed by atoms with E-state index in [9.17, 15) is 9.90 Å². The van der Waals surface area contributed by atoms with Gasteiger partial charge < -0.3 is 10.0 Å². The molecule has 3 nitrogen and oxygen atoms in total. The summed E-state index contributed by atoms with van der Waals surface area (Å²) in [4.78, 5) is 14.3. The van der Waals surface area contributed by atoms with Crippen LogP contribution in [0.25, 0.3) is 0 Å². The first kappa shape index (κ1) is 15.9. The average molecular weight is 330 g/mol. The number of carbonyl (C=O) groups excluding carboxylic acids is 1. The molecule has 1 N–H and O–H groups in total. The predicted octanol–water partition coefficient (Wildman–Crippen LogP) is 3.95. The first-order chi connectivity index (χ1) is 11.1. The van der Waals surface area contributed by atoms with Crippen LogP contribution < -0.4 is 0 Å². The Kier molecular flexibility index (Phi) is 4.87. The van der Waals surface area contributed by atoms with Gasteiger partial charge in [-0.05, 0) is 48.6 Å². The summed E-state index contributed by atoms with van der Waals surface area (Å²) in [7, 11) is 0. The van der Waals surface area contributed by atoms with Crippen LogP contribution in [0.2, 0.25) is 5.02 Å². The summed E-state index contributed by atoms with van der Waals surface area (Å²) < 4.78 is 0. The minimum absolute atomic E-state index is 0.188. The van der Waals surface area contributed by atoms with E-state index in [2.05, 4.69) is 0 Å². The second-order valence-electron chi connectivity index (χ2n) is 5.96. The number of fused-ring (bicyclic) bond motifs is 1. The van der Waals surface area contributed by atoms with Crippen molar-refractivity contribution in [2.45, 2.75) is 32.2 Å². The van der Waals surface area contributed by atoms with E-state index in [0.717, 1.165) is 35.4 Å². The molecule has 3 rings (SSSR count). The maximum atomic E-state index is 12.4. The Morgan fingerprint density at radius 2 is 1.96 bits per heavy atom. The number of carbonyl (C=O) groups is 1. The zero-order valence-corrected chi connectivity index (χ0v) is 13.7. The van der Waals surface area contributed by atoms with Crippen molar-refractivity contribution in [3.63, 3.8) is 0 Å². The molecule has 23 heavy (non-hydrogen) atoms. The molecule has 0 spiro atoms. The lowest BCUT2D eigenvalue weighted by Gasteiger charge is -2.29. The Morgan fingerprint density at radius 1 is 1.17 bits per heavy atom. The zero-order valence-electron chi connectivity index (χ0n) is 13.0. The summed E-state index contributed by atoms with van der Waals surface area (Å²) in [5, 5.41) is 10.6. The first-order valence-corrected chi connectivity index (χ1v) is 8.33. The van der Waals surface area contributed by atoms with Crippen LogP contribution in [0.15, 0.2) is 42.5 Å². The standard InChI is InChI=1S/C19H20ClNO2/c20-16-9-7-14(8-10-16)3-1-6-19(23)21-12-11-17-15(13-21)4-2-5-18(17)22/h2,4-5,7-10,22H,1,3,6,11-13H2. The predicted molar refractivity (Wildman–Crippen MR) is 91.6 cm³/mol. The lowest BCUT2D eigenvalue weighted by Crippen LogP contribution is -2.35. The van der Waals surface area contributed by atoms with Crippen molar-refractivity contribution in [3.05, 3.63) is 64.2 Å². The second-order valence-corrected chi connectivity index (χ2v) is 6.40. The molecule has 0 bridgehead atoms. The molecular formula is C19H20ClNO2. The fourth-order valence-corrected chi connectivity index (χ4v) is 3.18. The highest BCUT2D eigenvalue weighted by Gasteiger charge is 2.21. The van der Waals surface area contributed by atoms with Crippen molar-refractivity contribution < 1.29 is 9.90 Å². The van der Waals surface area contributed by atoms with Gasteiger partial charge in [-0.25, -0.2) is 0 Å². The summed E-state index contributed by atoms with van der Waals surface area (Å²) in [5.41, 5.74) is 3.25. The number of amides is 1. The van der Waals surface area contributed by atoms with Gasteiger partial charge in [0.1, 0.15) is 5.75 Å². The van der Waals surface area contributed by atoms with Crippen LogP contribution in [0.1, 0.15) is 29.5 Å². The molecule has 0 saturated heterocycles. The minimum Gasteiger partial charge on any atom is -0.508 e. The monoisotopic (exact) mass is 329 g/mol. The molecule has 120 valence electrons. The summed E-state index contributed by atoms with van der Waals surface area (Å²) in [5.74, 6) is 0.533. The number of nitrogens with zero attached hydrogens (tertiary/aromatic N) is 1. The molecule has 0 atom stereocenters. The molecule has 1 heterocycles. The van der Waals surface area contributed by atoms with Gasteiger partial charge in [0.05, 0.1) is 0 Å². The number of hydrogen-bond acceptors (Lipinski definition) is 2. The van der Waals surface area contributed by atoms with E-state index < -0.39 is 0 Å². The van der Waals surface area contributed by atoms with Crippen molar-refractivity contribution in [3.8, 4) is 5.75 Å². The van der Waals surface area contributed by atoms with Gasteiger partial charge in [-0.3, -0.25) is 4.79 Å². The highest BCUT2D eigenvalue weighted by molar-refractivity contribution is 6.30. The molecular weight excluding hydrogens is 310 g/mol. The van der Waals surface area contributed by atoms with Gasteiger partial charge in [0.25, 0.3) is 0 Å². The zero-order chi connectivity index (χ0) is 16.2. The quantitative estimate of drug-likeness (QED) is 0.922. The Labute approximate surface area is 141 Å². The smallest absolute Gasteiger partial charge is 0.222 e. The number of phenols is 1. The van der Waals surface area contributed by atoms with Crippen molar-refractivity contribution in [1.82, 2.24) is 4.90 Å². The lowest BCUT2D eigenvalue weighted by molar-refractivity contribution is -0.132. The largest absolute Gasteiger partial charge is 0.508 e. The van der Waals surface area contributed by atoms with Crippen LogP contribution in [-0.4, -0.2) is 22.5 Å². The Balaban J connectivity index is 1.52. The highest BCUT2D eigenvalue weighted by Crippen LogP contribution is 2.27. The van der Waals surface area contributed by atoms with Crippen molar-refractivity contribution in [1.29, 1.82) is 0 Å². The summed E-state index contributed by atoms with van der Waals surface area (Å²) >= 11 is 5.87. The van der Waals surface area contributed by atoms with Crippen LogP contribution in [0.5, 0.6) is 5.75 Å². The van der Waals surface area contributed by atoms with E-state index in [0.29, 0.717) is 25.3 Å². The van der Waals surface area contributed by atoms with Gasteiger partial charge in [-0.15, -0.1) is 0 Å². The van der Waals surface area contributed by atoms with Crippen LogP contribution in [0, 0.1) is 0 Å². The van der Waals surface area contributed by atoms with Gasteiger partial charge in [-0.1, -0.05) is 35.9 Å². The number of rotatable bonds is 4. The number of aryl methyl sites for hydroxylation is 1. The third-order valence-corrected chi connectivity index (χ3v) is 4.62. The summed E-state index contributed by atoms with van der Waals surface area (Å²) in [6.07, 6.45) is 3.00. The average Bonchev–Trinajstić information content (AvgIpc) is 2.56. The third kappa shape index (κ3) is 3.85. The third-order valence-electron chi connectivity index (χ3n) is 4.36. The van der Waals surface area contributed by atoms with Crippen molar-refractivity contribution >= 4 is 17.5 Å². The topological polar surface area (TPSA) is 40.5 Å². The molecule has 0 fully saturated rings. The molecule has 2 aromatic carbocycles. The van der Waals surface area contributed by atoms with Crippen LogP contribution in [0.3, 0.4) is 0 Å². The van der Waals surface area contributed by atoms with Crippen LogP contribution in [0.4, 0.5) is 0 Å². The molecule has 0 unspecified atom stereocenters. The van der Waals surface area contributed by atoms with Crippen molar-refractivity contribution in [2.24, 2.45) is 0 Å². The maximum Gasteiger partial charge on any atom is 0.222 e. The minimum atomic E-state index is 0.188. The van der Waals surface area contributed by atoms with Gasteiger partial charge in [0, 0.05) is 30.1 Å². The molecule has 0 saturated carbocycles. The number of phenolic OH excluding ortho intramolecular Hbond substituents is 1. The highest BCUT2D eigenvalue weighted by atomic mass is 35.5. The number of aromatic hydroxyl groups is 1. The van der Waals surface area contributed by atoms with Gasteiger partial charge in [-0.2, -0.15) is 0 Å². The molecule has 0 aromatic heterocycles. The van der Waals surface area contributed by atoms with E-state index in [1.165, 1.54) is 5.56 Å². The number of hydrogen-bond donors (Lipinski definition) is 1. The normalized spacial score (nSPS) is 13.7. The van der Waals surface area contributed by atoms with Crippen molar-refractivity contribution in [2.75, 3.05) is 6.54 Å². The Hall–Kier alpha value is -2.00. The maximum absolute atomic E-state index is 12.4. The SMILES string of the molecule is O=C(CCCc1ccc(Cl)cc1)N1CCc2c(O)cccc2C1. The molecule has 0 radical (unpaired) electrons. The summed E-state index contributed by atoms with van der Waals surface area (Å²) in [6, 6.07) is 13.3. The Morgan fingerprint density at radius 3 is 2.74 bits per heavy atom. The van der Waals surface area contributed by atoms with Crippen LogP contribution in [-0.2, 0) is 24.2 Å². The molecule has 4 heteroatoms. The van der Waals surface area contributed by atoms with E-state index in [4.69, 9.17) is 11.6 Å². The number of halogens is 1. The second kappa shape index (κ2) is 7.05. The van der Waals surface area contributed by atoms with E-state index in [1.807, 2.05) is 41.3 Å². The lowest BCUT2D eigenvalue weighted by atomic mass is 9.98. The fraction of sp³-hybridized carbons (Fsp3) is 0.316. The van der Waals surface area contributed by atoms with Gasteiger partial charge in [0.15, 0.2) is 0 Å². The van der Waals surface area contributed by atoms with E-state index in [1.54, 1.807) is 6.07 Å². The van der Waals surface area contributed by atoms with Gasteiger partial charge >= 0.3 is 0 Å². The molecule has 2 aromatic rings. The fourth-order valence-electron chi connectivity index (χ4n) is 3.06. The summed E-state index contributed by atoms with van der Waals surface area (Å²) in [6.45, 7) is 1.29. The molecule has 1 aliphatic rings. The van der Waals surface area contributed by atoms with E-state index in [-0.39, 0.29) is 5.91 Å². The van der Waals surface area contributed by atoms with Crippen LogP contribution >= 0.6 is 11.6 Å².